The van der Waals surface area contributed by atoms with Crippen LogP contribution in [0.5, 0.6) is 0 Å². The van der Waals surface area contributed by atoms with Crippen molar-refractivity contribution < 1.29 is 4.79 Å². The van der Waals surface area contributed by atoms with Crippen molar-refractivity contribution in [1.82, 2.24) is 20.3 Å². The molecule has 1 N–H and O–H groups in total. The third-order valence-corrected chi connectivity index (χ3v) is 4.65. The first-order valence-electron chi connectivity index (χ1n) is 9.52. The molecule has 0 radical (unpaired) electrons. The Hall–Kier alpha value is -2.50. The van der Waals surface area contributed by atoms with Crippen molar-refractivity contribution in [2.75, 3.05) is 18.0 Å². The van der Waals surface area contributed by atoms with E-state index >= 15 is 0 Å². The second-order valence-electron chi connectivity index (χ2n) is 6.73. The molecular formula is C20H27N5O. The minimum atomic E-state index is 0.147. The number of aromatic nitrogens is 3. The number of hydrogen-bond donors (Lipinski definition) is 1. The first-order valence-corrected chi connectivity index (χ1v) is 9.52. The summed E-state index contributed by atoms with van der Waals surface area (Å²) in [7, 11) is 0. The van der Waals surface area contributed by atoms with Gasteiger partial charge in [0.15, 0.2) is 5.82 Å². The molecule has 6 nitrogen and oxygen atoms in total. The molecule has 2 aromatic heterocycles. The fourth-order valence-electron chi connectivity index (χ4n) is 3.29. The smallest absolute Gasteiger partial charge is 0.220 e. The summed E-state index contributed by atoms with van der Waals surface area (Å²) >= 11 is 0. The highest BCUT2D eigenvalue weighted by molar-refractivity contribution is 5.76. The minimum Gasteiger partial charge on any atom is -0.354 e. The van der Waals surface area contributed by atoms with E-state index in [1.54, 1.807) is 12.4 Å². The predicted molar refractivity (Wildman–Crippen MR) is 103 cm³/mol. The van der Waals surface area contributed by atoms with E-state index in [1.165, 1.54) is 0 Å². The maximum Gasteiger partial charge on any atom is 0.220 e. The zero-order chi connectivity index (χ0) is 18.4. The Balaban J connectivity index is 1.80. The minimum absolute atomic E-state index is 0.147. The quantitative estimate of drug-likeness (QED) is 0.864. The van der Waals surface area contributed by atoms with Crippen molar-refractivity contribution in [2.45, 2.75) is 52.0 Å². The number of piperidine rings is 1. The van der Waals surface area contributed by atoms with Crippen LogP contribution in [0.3, 0.4) is 0 Å². The lowest BCUT2D eigenvalue weighted by Crippen LogP contribution is -2.48. The lowest BCUT2D eigenvalue weighted by Gasteiger charge is -2.34. The van der Waals surface area contributed by atoms with Gasteiger partial charge in [-0.1, -0.05) is 13.8 Å². The van der Waals surface area contributed by atoms with Gasteiger partial charge < -0.3 is 10.2 Å². The molecule has 0 spiro atoms. The van der Waals surface area contributed by atoms with Gasteiger partial charge in [-0.3, -0.25) is 9.78 Å². The molecule has 3 rings (SSSR count). The summed E-state index contributed by atoms with van der Waals surface area (Å²) in [5.41, 5.74) is 2.00. The maximum atomic E-state index is 11.9. The summed E-state index contributed by atoms with van der Waals surface area (Å²) in [5, 5.41) is 3.16. The van der Waals surface area contributed by atoms with E-state index in [0.717, 1.165) is 61.7 Å². The Bertz CT molecular complexity index is 734. The summed E-state index contributed by atoms with van der Waals surface area (Å²) in [5.74, 6) is 1.82. The summed E-state index contributed by atoms with van der Waals surface area (Å²) in [6.07, 6.45) is 7.92. The molecule has 2 aromatic rings. The van der Waals surface area contributed by atoms with Crippen LogP contribution in [-0.2, 0) is 11.2 Å². The number of nitrogens with zero attached hydrogens (tertiary/aromatic N) is 4. The van der Waals surface area contributed by atoms with Gasteiger partial charge in [-0.15, -0.1) is 0 Å². The van der Waals surface area contributed by atoms with Gasteiger partial charge in [0.1, 0.15) is 5.82 Å². The highest BCUT2D eigenvalue weighted by Crippen LogP contribution is 2.23. The van der Waals surface area contributed by atoms with Crippen LogP contribution in [0.4, 0.5) is 5.82 Å². The molecule has 0 bridgehead atoms. The topological polar surface area (TPSA) is 71.0 Å². The Morgan fingerprint density at radius 2 is 2.08 bits per heavy atom. The van der Waals surface area contributed by atoms with E-state index in [9.17, 15) is 4.79 Å². The standard InChI is InChI=1S/C20H27N5O/c1-3-6-19(26)22-17-7-5-12-25(14-17)18-13-16(4-2)23-20(24-18)15-8-10-21-11-9-15/h8-11,13,17H,3-7,12,14H2,1-2H3,(H,22,26). The van der Waals surface area contributed by atoms with Gasteiger partial charge in [-0.05, 0) is 37.8 Å². The van der Waals surface area contributed by atoms with E-state index in [2.05, 4.69) is 33.2 Å². The molecule has 0 aliphatic carbocycles. The van der Waals surface area contributed by atoms with Crippen LogP contribution in [0.1, 0.15) is 45.2 Å². The highest BCUT2D eigenvalue weighted by Gasteiger charge is 2.23. The first-order chi connectivity index (χ1) is 12.7. The molecule has 0 saturated carbocycles. The van der Waals surface area contributed by atoms with E-state index in [-0.39, 0.29) is 11.9 Å². The van der Waals surface area contributed by atoms with Crippen LogP contribution in [-0.4, -0.2) is 40.0 Å². The SMILES string of the molecule is CCCC(=O)NC1CCCN(c2cc(CC)nc(-c3ccncc3)n2)C1. The van der Waals surface area contributed by atoms with Crippen LogP contribution in [0.2, 0.25) is 0 Å². The van der Waals surface area contributed by atoms with Crippen LogP contribution >= 0.6 is 0 Å². The summed E-state index contributed by atoms with van der Waals surface area (Å²) < 4.78 is 0. The summed E-state index contributed by atoms with van der Waals surface area (Å²) in [4.78, 5) is 27.7. The second kappa shape index (κ2) is 8.74. The zero-order valence-electron chi connectivity index (χ0n) is 15.6. The Kier molecular flexibility index (Phi) is 6.15. The molecule has 26 heavy (non-hydrogen) atoms. The molecule has 1 unspecified atom stereocenters. The number of rotatable bonds is 6. The van der Waals surface area contributed by atoms with Crippen molar-refractivity contribution in [2.24, 2.45) is 0 Å². The number of amides is 1. The number of aryl methyl sites for hydroxylation is 1. The van der Waals surface area contributed by atoms with Gasteiger partial charge in [0.25, 0.3) is 0 Å². The molecule has 1 aliphatic heterocycles. The fourth-order valence-corrected chi connectivity index (χ4v) is 3.29. The van der Waals surface area contributed by atoms with Crippen LogP contribution in [0.15, 0.2) is 30.6 Å². The second-order valence-corrected chi connectivity index (χ2v) is 6.73. The maximum absolute atomic E-state index is 11.9. The normalized spacial score (nSPS) is 17.2. The largest absolute Gasteiger partial charge is 0.354 e. The summed E-state index contributed by atoms with van der Waals surface area (Å²) in [6.45, 7) is 5.88. The van der Waals surface area contributed by atoms with Gasteiger partial charge in [0.2, 0.25) is 5.91 Å². The Morgan fingerprint density at radius 3 is 2.81 bits per heavy atom. The Labute approximate surface area is 155 Å². The van der Waals surface area contributed by atoms with Crippen molar-refractivity contribution >= 4 is 11.7 Å². The fraction of sp³-hybridized carbons (Fsp3) is 0.500. The Morgan fingerprint density at radius 1 is 1.27 bits per heavy atom. The first kappa shape index (κ1) is 18.3. The summed E-state index contributed by atoms with van der Waals surface area (Å²) in [6, 6.07) is 6.12. The van der Waals surface area contributed by atoms with E-state index in [4.69, 9.17) is 4.98 Å². The van der Waals surface area contributed by atoms with E-state index in [1.807, 2.05) is 19.1 Å². The van der Waals surface area contributed by atoms with Gasteiger partial charge in [0.05, 0.1) is 0 Å². The molecular weight excluding hydrogens is 326 g/mol. The molecule has 1 fully saturated rings. The molecule has 138 valence electrons. The molecule has 6 heteroatoms. The van der Waals surface area contributed by atoms with Crippen molar-refractivity contribution in [3.63, 3.8) is 0 Å². The molecule has 1 atom stereocenters. The van der Waals surface area contributed by atoms with Crippen LogP contribution in [0, 0.1) is 0 Å². The lowest BCUT2D eigenvalue weighted by molar-refractivity contribution is -0.121. The van der Waals surface area contributed by atoms with E-state index in [0.29, 0.717) is 6.42 Å². The van der Waals surface area contributed by atoms with Gasteiger partial charge in [-0.2, -0.15) is 0 Å². The molecule has 1 aliphatic rings. The average molecular weight is 353 g/mol. The van der Waals surface area contributed by atoms with Crippen molar-refractivity contribution in [1.29, 1.82) is 0 Å². The van der Waals surface area contributed by atoms with Crippen molar-refractivity contribution in [3.05, 3.63) is 36.3 Å². The van der Waals surface area contributed by atoms with Gasteiger partial charge >= 0.3 is 0 Å². The van der Waals surface area contributed by atoms with E-state index < -0.39 is 0 Å². The van der Waals surface area contributed by atoms with Gasteiger partial charge in [0, 0.05) is 55.3 Å². The number of nitrogens with one attached hydrogen (secondary N) is 1. The highest BCUT2D eigenvalue weighted by atomic mass is 16.1. The number of anilines is 1. The molecule has 0 aromatic carbocycles. The van der Waals surface area contributed by atoms with Crippen molar-refractivity contribution in [3.8, 4) is 11.4 Å². The molecule has 1 saturated heterocycles. The number of pyridine rings is 1. The van der Waals surface area contributed by atoms with Gasteiger partial charge in [-0.25, -0.2) is 9.97 Å². The monoisotopic (exact) mass is 353 g/mol. The van der Waals surface area contributed by atoms with Crippen LogP contribution in [0.25, 0.3) is 11.4 Å². The number of carbonyl (C=O) groups is 1. The molecule has 3 heterocycles. The predicted octanol–water partition coefficient (Wildman–Crippen LogP) is 2.99. The molecule has 1 amide bonds. The third-order valence-electron chi connectivity index (χ3n) is 4.65. The number of carbonyl (C=O) groups excluding carboxylic acids is 1. The average Bonchev–Trinajstić information content (AvgIpc) is 2.68. The third kappa shape index (κ3) is 4.56. The zero-order valence-corrected chi connectivity index (χ0v) is 15.6. The number of hydrogen-bond acceptors (Lipinski definition) is 5. The van der Waals surface area contributed by atoms with Crippen LogP contribution < -0.4 is 10.2 Å². The lowest BCUT2D eigenvalue weighted by atomic mass is 10.1.